The summed E-state index contributed by atoms with van der Waals surface area (Å²) in [7, 11) is 0. The molecular formula is C18H17FIN3O4. The van der Waals surface area contributed by atoms with Crippen molar-refractivity contribution < 1.29 is 23.8 Å². The van der Waals surface area contributed by atoms with E-state index in [4.69, 9.17) is 4.74 Å². The molecular weight excluding hydrogens is 468 g/mol. The highest BCUT2D eigenvalue weighted by atomic mass is 127. The number of hydrogen-bond acceptors (Lipinski definition) is 5. The van der Waals surface area contributed by atoms with E-state index in [0.29, 0.717) is 27.2 Å². The first-order valence-electron chi connectivity index (χ1n) is 7.91. The van der Waals surface area contributed by atoms with E-state index < -0.39 is 24.1 Å². The van der Waals surface area contributed by atoms with Crippen molar-refractivity contribution in [3.05, 3.63) is 51.3 Å². The summed E-state index contributed by atoms with van der Waals surface area (Å²) in [6.07, 6.45) is 0.936. The number of phenols is 1. The second-order valence-corrected chi connectivity index (χ2v) is 6.47. The Hall–Kier alpha value is -2.69. The van der Waals surface area contributed by atoms with Crippen LogP contribution in [-0.4, -0.2) is 29.7 Å². The van der Waals surface area contributed by atoms with Gasteiger partial charge in [0, 0.05) is 5.69 Å². The summed E-state index contributed by atoms with van der Waals surface area (Å²) in [6, 6.07) is 8.44. The Bertz CT molecular complexity index is 856. The molecule has 0 aliphatic rings. The van der Waals surface area contributed by atoms with Gasteiger partial charge in [-0.25, -0.2) is 9.82 Å². The van der Waals surface area contributed by atoms with Gasteiger partial charge >= 0.3 is 0 Å². The largest absolute Gasteiger partial charge is 0.504 e. The summed E-state index contributed by atoms with van der Waals surface area (Å²) >= 11 is 1.95. The molecule has 0 spiro atoms. The fourth-order valence-electron chi connectivity index (χ4n) is 2.04. The normalized spacial score (nSPS) is 10.6. The van der Waals surface area contributed by atoms with Gasteiger partial charge in [-0.05, 0) is 71.5 Å². The number of halogens is 2. The number of hydrazone groups is 1. The maximum Gasteiger partial charge on any atom is 0.249 e. The number of anilines is 1. The standard InChI is InChI=1S/C18H17FIN3O4/c1-2-27-15-8-11(7-14(20)18(15)26)10-21-23-17(25)9-16(24)22-13-5-3-12(19)4-6-13/h3-8,10,26H,2,9H2,1H3,(H,22,24)(H,23,25). The SMILES string of the molecule is CCOc1cc(C=NNC(=O)CC(=O)Nc2ccc(F)cc2)cc(I)c1O. The van der Waals surface area contributed by atoms with E-state index in [1.807, 2.05) is 22.6 Å². The van der Waals surface area contributed by atoms with Crippen LogP contribution in [0.3, 0.4) is 0 Å². The maximum absolute atomic E-state index is 12.8. The van der Waals surface area contributed by atoms with Gasteiger partial charge in [-0.15, -0.1) is 0 Å². The van der Waals surface area contributed by atoms with Gasteiger partial charge in [0.2, 0.25) is 11.8 Å². The zero-order valence-electron chi connectivity index (χ0n) is 14.3. The third-order valence-corrected chi connectivity index (χ3v) is 4.02. The van der Waals surface area contributed by atoms with E-state index in [1.54, 1.807) is 19.1 Å². The molecule has 2 aromatic carbocycles. The monoisotopic (exact) mass is 485 g/mol. The quantitative estimate of drug-likeness (QED) is 0.243. The molecule has 0 aliphatic heterocycles. The van der Waals surface area contributed by atoms with Gasteiger partial charge in [0.25, 0.3) is 0 Å². The first kappa shape index (κ1) is 20.6. The molecule has 7 nitrogen and oxygen atoms in total. The van der Waals surface area contributed by atoms with Crippen molar-refractivity contribution in [1.82, 2.24) is 5.43 Å². The number of phenolic OH excluding ortho intramolecular Hbond substituents is 1. The van der Waals surface area contributed by atoms with Crippen LogP contribution in [0.4, 0.5) is 10.1 Å². The van der Waals surface area contributed by atoms with E-state index >= 15 is 0 Å². The van der Waals surface area contributed by atoms with Crippen molar-refractivity contribution in [2.24, 2.45) is 5.10 Å². The summed E-state index contributed by atoms with van der Waals surface area (Å²) in [5.41, 5.74) is 3.24. The first-order valence-corrected chi connectivity index (χ1v) is 8.99. The number of aromatic hydroxyl groups is 1. The van der Waals surface area contributed by atoms with E-state index in [9.17, 15) is 19.1 Å². The molecule has 0 radical (unpaired) electrons. The molecule has 0 atom stereocenters. The summed E-state index contributed by atoms with van der Waals surface area (Å²) in [5, 5.41) is 16.2. The van der Waals surface area contributed by atoms with E-state index in [-0.39, 0.29) is 5.75 Å². The van der Waals surface area contributed by atoms with Gasteiger partial charge in [-0.1, -0.05) is 0 Å². The van der Waals surface area contributed by atoms with Crippen LogP contribution >= 0.6 is 22.6 Å². The smallest absolute Gasteiger partial charge is 0.249 e. The van der Waals surface area contributed by atoms with Gasteiger partial charge in [0.1, 0.15) is 12.2 Å². The van der Waals surface area contributed by atoms with Crippen LogP contribution < -0.4 is 15.5 Å². The third kappa shape index (κ3) is 6.51. The summed E-state index contributed by atoms with van der Waals surface area (Å²) in [6.45, 7) is 2.19. The molecule has 2 aromatic rings. The summed E-state index contributed by atoms with van der Waals surface area (Å²) in [4.78, 5) is 23.5. The minimum atomic E-state index is -0.607. The van der Waals surface area contributed by atoms with Crippen LogP contribution in [0.2, 0.25) is 0 Å². The third-order valence-electron chi connectivity index (χ3n) is 3.20. The Kier molecular flexibility index (Phi) is 7.53. The maximum atomic E-state index is 12.8. The molecule has 0 saturated carbocycles. The predicted molar refractivity (Wildman–Crippen MR) is 107 cm³/mol. The lowest BCUT2D eigenvalue weighted by molar-refractivity contribution is -0.126. The lowest BCUT2D eigenvalue weighted by Gasteiger charge is -2.08. The van der Waals surface area contributed by atoms with Gasteiger partial charge in [0.05, 0.1) is 16.4 Å². The van der Waals surface area contributed by atoms with Crippen molar-refractivity contribution in [1.29, 1.82) is 0 Å². The molecule has 0 unspecified atom stereocenters. The van der Waals surface area contributed by atoms with Crippen LogP contribution in [0.5, 0.6) is 11.5 Å². The minimum Gasteiger partial charge on any atom is -0.504 e. The highest BCUT2D eigenvalue weighted by molar-refractivity contribution is 14.1. The van der Waals surface area contributed by atoms with E-state index in [0.717, 1.165) is 0 Å². The number of amides is 2. The molecule has 0 aliphatic carbocycles. The molecule has 9 heteroatoms. The van der Waals surface area contributed by atoms with Crippen LogP contribution in [0, 0.1) is 9.39 Å². The second kappa shape index (κ2) is 9.86. The van der Waals surface area contributed by atoms with Crippen molar-refractivity contribution in [3.8, 4) is 11.5 Å². The van der Waals surface area contributed by atoms with Crippen molar-refractivity contribution in [2.45, 2.75) is 13.3 Å². The molecule has 2 rings (SSSR count). The molecule has 0 bridgehead atoms. The van der Waals surface area contributed by atoms with Gasteiger partial charge in [-0.3, -0.25) is 9.59 Å². The van der Waals surface area contributed by atoms with Crippen LogP contribution in [-0.2, 0) is 9.59 Å². The highest BCUT2D eigenvalue weighted by Crippen LogP contribution is 2.32. The Balaban J connectivity index is 1.89. The zero-order chi connectivity index (χ0) is 19.8. The number of hydrogen-bond donors (Lipinski definition) is 3. The minimum absolute atomic E-state index is 0.0381. The molecule has 3 N–H and O–H groups in total. The first-order chi connectivity index (χ1) is 12.9. The Morgan fingerprint density at radius 1 is 1.26 bits per heavy atom. The van der Waals surface area contributed by atoms with Gasteiger partial charge in [0.15, 0.2) is 11.5 Å². The molecule has 2 amide bonds. The van der Waals surface area contributed by atoms with Gasteiger partial charge < -0.3 is 15.2 Å². The van der Waals surface area contributed by atoms with Crippen LogP contribution in [0.15, 0.2) is 41.5 Å². The fraction of sp³-hybridized carbons (Fsp3) is 0.167. The van der Waals surface area contributed by atoms with Crippen molar-refractivity contribution in [2.75, 3.05) is 11.9 Å². The number of rotatable bonds is 7. The Morgan fingerprint density at radius 3 is 2.63 bits per heavy atom. The zero-order valence-corrected chi connectivity index (χ0v) is 16.5. The molecule has 27 heavy (non-hydrogen) atoms. The summed E-state index contributed by atoms with van der Waals surface area (Å²) in [5.74, 6) is -1.22. The highest BCUT2D eigenvalue weighted by Gasteiger charge is 2.10. The molecule has 0 aromatic heterocycles. The lowest BCUT2D eigenvalue weighted by atomic mass is 10.2. The Morgan fingerprint density at radius 2 is 1.96 bits per heavy atom. The molecule has 0 heterocycles. The number of nitrogens with zero attached hydrogens (tertiary/aromatic N) is 1. The van der Waals surface area contributed by atoms with Crippen LogP contribution in [0.1, 0.15) is 18.9 Å². The van der Waals surface area contributed by atoms with Crippen LogP contribution in [0.25, 0.3) is 0 Å². The number of nitrogens with one attached hydrogen (secondary N) is 2. The van der Waals surface area contributed by atoms with E-state index in [2.05, 4.69) is 15.8 Å². The average molecular weight is 485 g/mol. The number of ether oxygens (including phenoxy) is 1. The lowest BCUT2D eigenvalue weighted by Crippen LogP contribution is -2.24. The van der Waals surface area contributed by atoms with Crippen molar-refractivity contribution >= 4 is 46.3 Å². The number of carbonyl (C=O) groups is 2. The average Bonchev–Trinajstić information content (AvgIpc) is 2.61. The van der Waals surface area contributed by atoms with Crippen molar-refractivity contribution in [3.63, 3.8) is 0 Å². The van der Waals surface area contributed by atoms with E-state index in [1.165, 1.54) is 30.5 Å². The number of benzene rings is 2. The topological polar surface area (TPSA) is 100 Å². The van der Waals surface area contributed by atoms with Gasteiger partial charge in [-0.2, -0.15) is 5.10 Å². The fourth-order valence-corrected chi connectivity index (χ4v) is 2.66. The molecule has 0 fully saturated rings. The second-order valence-electron chi connectivity index (χ2n) is 5.31. The summed E-state index contributed by atoms with van der Waals surface area (Å²) < 4.78 is 18.7. The predicted octanol–water partition coefficient (Wildman–Crippen LogP) is 3.01. The number of carbonyl (C=O) groups excluding carboxylic acids is 2. The Labute approximate surface area is 168 Å². The molecule has 0 saturated heterocycles. The molecule has 142 valence electrons.